The molecule has 39 heavy (non-hydrogen) atoms. The fourth-order valence-electron chi connectivity index (χ4n) is 4.04. The Hall–Kier alpha value is -3.73. The summed E-state index contributed by atoms with van der Waals surface area (Å²) < 4.78 is 48.0. The van der Waals surface area contributed by atoms with Crippen LogP contribution in [0.25, 0.3) is 0 Å². The van der Waals surface area contributed by atoms with Crippen LogP contribution in [0.2, 0.25) is 0 Å². The molecule has 0 unspecified atom stereocenters. The zero-order valence-corrected chi connectivity index (χ0v) is 22.4. The van der Waals surface area contributed by atoms with Gasteiger partial charge in [0.1, 0.15) is 17.2 Å². The lowest BCUT2D eigenvalue weighted by Crippen LogP contribution is -2.43. The highest BCUT2D eigenvalue weighted by molar-refractivity contribution is 5.96. The van der Waals surface area contributed by atoms with Gasteiger partial charge in [-0.1, -0.05) is 48.9 Å². The fourth-order valence-corrected chi connectivity index (χ4v) is 4.04. The van der Waals surface area contributed by atoms with E-state index in [0.717, 1.165) is 18.1 Å². The predicted molar refractivity (Wildman–Crippen MR) is 143 cm³/mol. The molecule has 0 atom stereocenters. The van der Waals surface area contributed by atoms with Gasteiger partial charge in [-0.15, -0.1) is 13.2 Å². The second-order valence-electron chi connectivity index (χ2n) is 9.12. The second kappa shape index (κ2) is 13.9. The van der Waals surface area contributed by atoms with Crippen LogP contribution < -0.4 is 9.47 Å². The van der Waals surface area contributed by atoms with Crippen molar-refractivity contribution in [3.05, 3.63) is 71.7 Å². The summed E-state index contributed by atoms with van der Waals surface area (Å²) in [5, 5.41) is 9.29. The third-order valence-corrected chi connectivity index (χ3v) is 5.94. The van der Waals surface area contributed by atoms with Gasteiger partial charge < -0.3 is 29.3 Å². The van der Waals surface area contributed by atoms with E-state index in [4.69, 9.17) is 4.74 Å². The molecule has 1 aromatic carbocycles. The van der Waals surface area contributed by atoms with Crippen LogP contribution in [0, 0.1) is 0 Å². The molecule has 3 rings (SSSR count). The summed E-state index contributed by atoms with van der Waals surface area (Å²) >= 11 is 0. The molecule has 8 nitrogen and oxygen atoms in total. The number of allylic oxidation sites excluding steroid dienone is 5. The maximum atomic E-state index is 13.6. The van der Waals surface area contributed by atoms with Gasteiger partial charge in [-0.25, -0.2) is 0 Å². The van der Waals surface area contributed by atoms with Crippen molar-refractivity contribution in [3.8, 4) is 11.5 Å². The summed E-state index contributed by atoms with van der Waals surface area (Å²) in [5.41, 5.74) is 1.49. The highest BCUT2D eigenvalue weighted by Crippen LogP contribution is 2.29. The summed E-state index contributed by atoms with van der Waals surface area (Å²) in [7, 11) is 1.82. The number of rotatable bonds is 10. The first-order chi connectivity index (χ1) is 18.6. The van der Waals surface area contributed by atoms with Crippen molar-refractivity contribution in [2.75, 3.05) is 46.4 Å². The first-order valence-corrected chi connectivity index (χ1v) is 12.8. The van der Waals surface area contributed by atoms with Crippen LogP contribution in [0.4, 0.5) is 13.2 Å². The number of likely N-dealkylation sites (N-methyl/N-ethyl adjacent to an activating group) is 1. The highest BCUT2D eigenvalue weighted by atomic mass is 19.4. The van der Waals surface area contributed by atoms with Gasteiger partial charge in [0.05, 0.1) is 6.54 Å². The van der Waals surface area contributed by atoms with E-state index in [1.165, 1.54) is 18.2 Å². The van der Waals surface area contributed by atoms with Crippen molar-refractivity contribution in [3.63, 3.8) is 0 Å². The third-order valence-electron chi connectivity index (χ3n) is 5.94. The molecule has 2 heterocycles. The molecule has 11 heteroatoms. The Labute approximate surface area is 227 Å². The van der Waals surface area contributed by atoms with Crippen LogP contribution in [0.15, 0.2) is 76.7 Å². The standard InChI is InChI=1S/C28H35F3N4O4/c1-4-5-10-21(2)11-6-7-14-35-20-24(38-22-12-8-13-23(19-22)39-28(29,30)31)32-26-25(35)27(37)34(15-9-18-36)17-16-33(26)3/h5-8,10-13,19,36H,4,9,14-18,20H2,1-3H3/b7-6+,10-5-,21-11-. The topological polar surface area (TPSA) is 77.8 Å². The van der Waals surface area contributed by atoms with Crippen molar-refractivity contribution in [1.29, 1.82) is 0 Å². The third kappa shape index (κ3) is 8.91. The highest BCUT2D eigenvalue weighted by Gasteiger charge is 2.35. The van der Waals surface area contributed by atoms with Crippen molar-refractivity contribution in [1.82, 2.24) is 14.7 Å². The molecule has 0 saturated carbocycles. The number of aliphatic imine (C=N–C) groups is 1. The average molecular weight is 549 g/mol. The lowest BCUT2D eigenvalue weighted by Gasteiger charge is -2.33. The molecule has 0 bridgehead atoms. The van der Waals surface area contributed by atoms with Gasteiger partial charge in [-0.3, -0.25) is 4.79 Å². The molecular weight excluding hydrogens is 513 g/mol. The molecule has 0 spiro atoms. The number of hydrogen-bond donors (Lipinski definition) is 1. The van der Waals surface area contributed by atoms with Gasteiger partial charge >= 0.3 is 6.36 Å². The predicted octanol–water partition coefficient (Wildman–Crippen LogP) is 4.47. The normalized spacial score (nSPS) is 17.2. The summed E-state index contributed by atoms with van der Waals surface area (Å²) in [5.74, 6) is 0.172. The molecule has 2 aliphatic heterocycles. The Morgan fingerprint density at radius 3 is 2.67 bits per heavy atom. The van der Waals surface area contributed by atoms with Crippen LogP contribution in [0.3, 0.4) is 0 Å². The van der Waals surface area contributed by atoms with Crippen molar-refractivity contribution < 1.29 is 32.5 Å². The number of benzene rings is 1. The van der Waals surface area contributed by atoms with Gasteiger partial charge in [0.2, 0.25) is 5.90 Å². The molecule has 2 aliphatic rings. The summed E-state index contributed by atoms with van der Waals surface area (Å²) in [6.07, 6.45) is 6.47. The van der Waals surface area contributed by atoms with Crippen LogP contribution in [0.1, 0.15) is 26.7 Å². The molecule has 0 radical (unpaired) electrons. The largest absolute Gasteiger partial charge is 0.573 e. The number of carbonyl (C=O) groups is 1. The Bertz CT molecular complexity index is 1160. The van der Waals surface area contributed by atoms with E-state index in [9.17, 15) is 23.1 Å². The molecule has 212 valence electrons. The minimum atomic E-state index is -4.83. The Balaban J connectivity index is 1.91. The van der Waals surface area contributed by atoms with Gasteiger partial charge in [0.25, 0.3) is 5.91 Å². The maximum absolute atomic E-state index is 13.6. The van der Waals surface area contributed by atoms with E-state index in [-0.39, 0.29) is 30.7 Å². The zero-order valence-electron chi connectivity index (χ0n) is 22.4. The van der Waals surface area contributed by atoms with E-state index >= 15 is 0 Å². The molecular formula is C28H35F3N4O4. The van der Waals surface area contributed by atoms with Crippen LogP contribution in [-0.2, 0) is 4.79 Å². The molecule has 0 aliphatic carbocycles. The number of nitrogens with zero attached hydrogens (tertiary/aromatic N) is 4. The number of halogens is 3. The van der Waals surface area contributed by atoms with E-state index in [0.29, 0.717) is 44.1 Å². The molecule has 0 saturated heterocycles. The SMILES string of the molecule is CC\C=C/C(C)=C\C=C\CN1CC(Oc2cccc(OC(F)(F)F)c2)=NC2=C1C(=O)N(CCCO)CCN2C. The monoisotopic (exact) mass is 548 g/mol. The molecule has 0 aromatic heterocycles. The number of hydrogen-bond acceptors (Lipinski definition) is 7. The summed E-state index contributed by atoms with van der Waals surface area (Å²) in [4.78, 5) is 23.6. The van der Waals surface area contributed by atoms with Crippen molar-refractivity contribution in [2.24, 2.45) is 4.99 Å². The minimum absolute atomic E-state index is 0.0244. The number of alkyl halides is 3. The maximum Gasteiger partial charge on any atom is 0.573 e. The van der Waals surface area contributed by atoms with Gasteiger partial charge in [-0.2, -0.15) is 4.99 Å². The molecule has 1 aromatic rings. The lowest BCUT2D eigenvalue weighted by atomic mass is 10.2. The van der Waals surface area contributed by atoms with Gasteiger partial charge in [-0.05, 0) is 31.9 Å². The number of ether oxygens (including phenoxy) is 2. The van der Waals surface area contributed by atoms with E-state index < -0.39 is 12.1 Å². The number of carbonyl (C=O) groups excluding carboxylic acids is 1. The molecule has 0 fully saturated rings. The van der Waals surface area contributed by atoms with Crippen molar-refractivity contribution in [2.45, 2.75) is 33.1 Å². The second-order valence-corrected chi connectivity index (χ2v) is 9.12. The first-order valence-electron chi connectivity index (χ1n) is 12.8. The number of amides is 1. The number of aliphatic hydroxyl groups excluding tert-OH is 1. The average Bonchev–Trinajstić information content (AvgIpc) is 2.99. The van der Waals surface area contributed by atoms with Crippen LogP contribution >= 0.6 is 0 Å². The first kappa shape index (κ1) is 29.8. The lowest BCUT2D eigenvalue weighted by molar-refractivity contribution is -0.274. The smallest absolute Gasteiger partial charge is 0.441 e. The Morgan fingerprint density at radius 1 is 1.18 bits per heavy atom. The van der Waals surface area contributed by atoms with E-state index in [1.54, 1.807) is 4.90 Å². The minimum Gasteiger partial charge on any atom is -0.441 e. The molecule has 1 N–H and O–H groups in total. The molecule has 1 amide bonds. The van der Waals surface area contributed by atoms with E-state index in [1.807, 2.05) is 48.1 Å². The van der Waals surface area contributed by atoms with Crippen LogP contribution in [-0.4, -0.2) is 84.4 Å². The van der Waals surface area contributed by atoms with Crippen LogP contribution in [0.5, 0.6) is 11.5 Å². The van der Waals surface area contributed by atoms with E-state index in [2.05, 4.69) is 22.7 Å². The quantitative estimate of drug-likeness (QED) is 0.435. The Morgan fingerprint density at radius 2 is 1.95 bits per heavy atom. The van der Waals surface area contributed by atoms with Gasteiger partial charge in [0.15, 0.2) is 5.82 Å². The summed E-state index contributed by atoms with van der Waals surface area (Å²) in [6.45, 7) is 5.91. The number of aliphatic hydroxyl groups is 1. The van der Waals surface area contributed by atoms with Crippen molar-refractivity contribution >= 4 is 11.8 Å². The summed E-state index contributed by atoms with van der Waals surface area (Å²) in [6, 6.07) is 5.23. The Kier molecular flexibility index (Phi) is 10.6. The van der Waals surface area contributed by atoms with Gasteiger partial charge in [0, 0.05) is 45.9 Å². The fraction of sp³-hybridized carbons (Fsp3) is 0.429. The zero-order chi connectivity index (χ0) is 28.4.